The number of aromatic nitrogens is 1. The number of benzene rings is 2. The molecular formula is C20H21BrN2O3S. The van der Waals surface area contributed by atoms with Crippen LogP contribution in [0.3, 0.4) is 0 Å². The molecule has 0 aliphatic carbocycles. The lowest BCUT2D eigenvalue weighted by molar-refractivity contribution is -0.124. The van der Waals surface area contributed by atoms with E-state index in [9.17, 15) is 4.79 Å². The van der Waals surface area contributed by atoms with Crippen molar-refractivity contribution in [2.45, 2.75) is 26.5 Å². The van der Waals surface area contributed by atoms with Crippen LogP contribution in [0.4, 0.5) is 0 Å². The van der Waals surface area contributed by atoms with Gasteiger partial charge in [0.15, 0.2) is 10.9 Å². The standard InChI is InChI=1S/C20H21BrN2O3S/c1-3-25-12-11-23-17-10-9-15(21)13-18(17)27-20(23)22-19(24)14(2)26-16-7-5-4-6-8-16/h4-10,13-14H,3,11-12H2,1-2H3. The molecule has 0 aliphatic rings. The first-order valence-corrected chi connectivity index (χ1v) is 10.4. The number of thiazole rings is 1. The van der Waals surface area contributed by atoms with Gasteiger partial charge in [-0.05, 0) is 44.2 Å². The van der Waals surface area contributed by atoms with Crippen LogP contribution in [0.5, 0.6) is 5.75 Å². The summed E-state index contributed by atoms with van der Waals surface area (Å²) in [7, 11) is 0. The number of halogens is 1. The molecular weight excluding hydrogens is 428 g/mol. The highest BCUT2D eigenvalue weighted by Gasteiger charge is 2.15. The van der Waals surface area contributed by atoms with E-state index in [1.165, 1.54) is 11.3 Å². The average molecular weight is 449 g/mol. The number of para-hydroxylation sites is 1. The number of ether oxygens (including phenoxy) is 2. The lowest BCUT2D eigenvalue weighted by Gasteiger charge is -2.11. The summed E-state index contributed by atoms with van der Waals surface area (Å²) in [5.74, 6) is 0.340. The van der Waals surface area contributed by atoms with Gasteiger partial charge in [-0.1, -0.05) is 45.5 Å². The molecule has 3 rings (SSSR count). The van der Waals surface area contributed by atoms with Crippen LogP contribution < -0.4 is 9.54 Å². The molecule has 0 saturated heterocycles. The smallest absolute Gasteiger partial charge is 0.289 e. The van der Waals surface area contributed by atoms with E-state index in [2.05, 4.69) is 20.9 Å². The van der Waals surface area contributed by atoms with E-state index in [1.807, 2.05) is 60.0 Å². The Bertz CT molecular complexity index is 982. The maximum Gasteiger partial charge on any atom is 0.289 e. The summed E-state index contributed by atoms with van der Waals surface area (Å²) in [5, 5.41) is 0. The topological polar surface area (TPSA) is 52.8 Å². The van der Waals surface area contributed by atoms with Crippen molar-refractivity contribution in [2.24, 2.45) is 4.99 Å². The molecule has 0 radical (unpaired) electrons. The van der Waals surface area contributed by atoms with E-state index >= 15 is 0 Å². The molecule has 7 heteroatoms. The van der Waals surface area contributed by atoms with Gasteiger partial charge in [0.2, 0.25) is 0 Å². The fraction of sp³-hybridized carbons (Fsp3) is 0.300. The Morgan fingerprint density at radius 1 is 1.26 bits per heavy atom. The number of fused-ring (bicyclic) bond motifs is 1. The van der Waals surface area contributed by atoms with E-state index in [4.69, 9.17) is 9.47 Å². The molecule has 0 fully saturated rings. The molecule has 0 saturated carbocycles. The van der Waals surface area contributed by atoms with Crippen LogP contribution in [-0.2, 0) is 16.1 Å². The number of nitrogens with zero attached hydrogens (tertiary/aromatic N) is 2. The van der Waals surface area contributed by atoms with Crippen molar-refractivity contribution in [3.63, 3.8) is 0 Å². The second-order valence-electron chi connectivity index (χ2n) is 5.87. The molecule has 1 amide bonds. The zero-order valence-electron chi connectivity index (χ0n) is 15.2. The number of amides is 1. The van der Waals surface area contributed by atoms with Crippen molar-refractivity contribution in [1.82, 2.24) is 4.57 Å². The molecule has 5 nitrogen and oxygen atoms in total. The second kappa shape index (κ2) is 9.30. The van der Waals surface area contributed by atoms with E-state index in [0.717, 1.165) is 14.7 Å². The van der Waals surface area contributed by atoms with Crippen molar-refractivity contribution in [3.8, 4) is 5.75 Å². The minimum absolute atomic E-state index is 0.311. The Labute approximate surface area is 170 Å². The van der Waals surface area contributed by atoms with Gasteiger partial charge in [0.25, 0.3) is 5.91 Å². The summed E-state index contributed by atoms with van der Waals surface area (Å²) in [4.78, 5) is 17.6. The zero-order chi connectivity index (χ0) is 19.2. The molecule has 3 aromatic rings. The van der Waals surface area contributed by atoms with Gasteiger partial charge in [-0.15, -0.1) is 0 Å². The van der Waals surface area contributed by atoms with Gasteiger partial charge in [0, 0.05) is 17.6 Å². The SMILES string of the molecule is CCOCCn1c(=NC(=O)C(C)Oc2ccccc2)sc2cc(Br)ccc21. The number of rotatable bonds is 7. The first-order chi connectivity index (χ1) is 13.1. The Morgan fingerprint density at radius 2 is 2.04 bits per heavy atom. The van der Waals surface area contributed by atoms with Crippen LogP contribution in [0.1, 0.15) is 13.8 Å². The van der Waals surface area contributed by atoms with Gasteiger partial charge >= 0.3 is 0 Å². The van der Waals surface area contributed by atoms with Gasteiger partial charge in [-0.2, -0.15) is 4.99 Å². The molecule has 142 valence electrons. The first kappa shape index (κ1) is 19.8. The minimum atomic E-state index is -0.662. The maximum atomic E-state index is 12.6. The maximum absolute atomic E-state index is 12.6. The monoisotopic (exact) mass is 448 g/mol. The fourth-order valence-corrected chi connectivity index (χ4v) is 4.20. The van der Waals surface area contributed by atoms with Crippen molar-refractivity contribution < 1.29 is 14.3 Å². The number of hydrogen-bond donors (Lipinski definition) is 0. The Morgan fingerprint density at radius 3 is 2.78 bits per heavy atom. The third-order valence-corrected chi connectivity index (χ3v) is 5.45. The van der Waals surface area contributed by atoms with E-state index < -0.39 is 6.10 Å². The molecule has 1 atom stereocenters. The molecule has 27 heavy (non-hydrogen) atoms. The lowest BCUT2D eigenvalue weighted by atomic mass is 10.3. The Balaban J connectivity index is 1.90. The van der Waals surface area contributed by atoms with Crippen molar-refractivity contribution in [1.29, 1.82) is 0 Å². The number of carbonyl (C=O) groups is 1. The van der Waals surface area contributed by atoms with Crippen LogP contribution in [0.2, 0.25) is 0 Å². The third kappa shape index (κ3) is 5.06. The first-order valence-electron chi connectivity index (χ1n) is 8.75. The van der Waals surface area contributed by atoms with Crippen LogP contribution in [0, 0.1) is 0 Å². The molecule has 0 bridgehead atoms. The number of hydrogen-bond acceptors (Lipinski definition) is 4. The summed E-state index contributed by atoms with van der Waals surface area (Å²) in [5.41, 5.74) is 1.03. The predicted octanol–water partition coefficient (Wildman–Crippen LogP) is 4.40. The Kier molecular flexibility index (Phi) is 6.82. The average Bonchev–Trinajstić information content (AvgIpc) is 2.99. The normalized spacial score (nSPS) is 13.1. The highest BCUT2D eigenvalue weighted by molar-refractivity contribution is 9.10. The fourth-order valence-electron chi connectivity index (χ4n) is 2.59. The molecule has 0 aliphatic heterocycles. The zero-order valence-corrected chi connectivity index (χ0v) is 17.6. The molecule has 1 unspecified atom stereocenters. The van der Waals surface area contributed by atoms with E-state index in [1.54, 1.807) is 6.92 Å². The van der Waals surface area contributed by atoms with E-state index in [0.29, 0.717) is 30.3 Å². The number of carbonyl (C=O) groups excluding carboxylic acids is 1. The highest BCUT2D eigenvalue weighted by atomic mass is 79.9. The second-order valence-corrected chi connectivity index (χ2v) is 7.79. The van der Waals surface area contributed by atoms with Crippen molar-refractivity contribution >= 4 is 43.4 Å². The molecule has 1 aromatic heterocycles. The van der Waals surface area contributed by atoms with Crippen molar-refractivity contribution in [2.75, 3.05) is 13.2 Å². The summed E-state index contributed by atoms with van der Waals surface area (Å²) in [6.07, 6.45) is -0.662. The third-order valence-electron chi connectivity index (χ3n) is 3.92. The lowest BCUT2D eigenvalue weighted by Crippen LogP contribution is -2.26. The highest BCUT2D eigenvalue weighted by Crippen LogP contribution is 2.22. The molecule has 2 aromatic carbocycles. The molecule has 0 spiro atoms. The van der Waals surface area contributed by atoms with Crippen LogP contribution in [0.25, 0.3) is 10.2 Å². The van der Waals surface area contributed by atoms with Gasteiger partial charge < -0.3 is 14.0 Å². The van der Waals surface area contributed by atoms with Crippen LogP contribution in [0.15, 0.2) is 58.0 Å². The van der Waals surface area contributed by atoms with Gasteiger partial charge in [0.1, 0.15) is 5.75 Å². The molecule has 1 heterocycles. The summed E-state index contributed by atoms with van der Waals surface area (Å²) < 4.78 is 15.3. The molecule has 0 N–H and O–H groups in total. The minimum Gasteiger partial charge on any atom is -0.481 e. The van der Waals surface area contributed by atoms with Gasteiger partial charge in [-0.3, -0.25) is 4.79 Å². The summed E-state index contributed by atoms with van der Waals surface area (Å²) >= 11 is 4.98. The quantitative estimate of drug-likeness (QED) is 0.503. The van der Waals surface area contributed by atoms with Crippen LogP contribution in [-0.4, -0.2) is 29.8 Å². The van der Waals surface area contributed by atoms with Gasteiger partial charge in [0.05, 0.1) is 16.8 Å². The van der Waals surface area contributed by atoms with E-state index in [-0.39, 0.29) is 5.91 Å². The van der Waals surface area contributed by atoms with Crippen LogP contribution >= 0.6 is 27.3 Å². The van der Waals surface area contributed by atoms with Gasteiger partial charge in [-0.25, -0.2) is 0 Å². The summed E-state index contributed by atoms with van der Waals surface area (Å²) in [6, 6.07) is 15.3. The Hall–Kier alpha value is -1.96. The predicted molar refractivity (Wildman–Crippen MR) is 111 cm³/mol. The van der Waals surface area contributed by atoms with Crippen molar-refractivity contribution in [3.05, 3.63) is 57.8 Å². The largest absolute Gasteiger partial charge is 0.481 e. The summed E-state index contributed by atoms with van der Waals surface area (Å²) in [6.45, 7) is 5.53.